The Morgan fingerprint density at radius 2 is 1.30 bits per heavy atom. The van der Waals surface area contributed by atoms with Gasteiger partial charge in [0.15, 0.2) is 6.10 Å². The molecule has 2 heterocycles. The lowest BCUT2D eigenvalue weighted by molar-refractivity contribution is -0.208. The molecule has 30 heavy (non-hydrogen) atoms. The van der Waals surface area contributed by atoms with Crippen molar-refractivity contribution < 1.29 is 18.3 Å². The van der Waals surface area contributed by atoms with E-state index in [-0.39, 0.29) is 0 Å². The summed E-state index contributed by atoms with van der Waals surface area (Å²) in [7, 11) is 0. The summed E-state index contributed by atoms with van der Waals surface area (Å²) in [5.41, 5.74) is 2.26. The number of aliphatic hydroxyl groups is 1. The second-order valence-electron chi connectivity index (χ2n) is 7.00. The van der Waals surface area contributed by atoms with Crippen LogP contribution in [0.5, 0.6) is 0 Å². The van der Waals surface area contributed by atoms with E-state index in [1.165, 1.54) is 10.4 Å². The van der Waals surface area contributed by atoms with Gasteiger partial charge in [-0.25, -0.2) is 4.68 Å². The molecule has 1 saturated heterocycles. The van der Waals surface area contributed by atoms with Crippen molar-refractivity contribution in [2.24, 2.45) is 0 Å². The van der Waals surface area contributed by atoms with Crippen LogP contribution in [0.15, 0.2) is 59.2 Å². The Bertz CT molecular complexity index is 983. The molecule has 1 aliphatic rings. The average Bonchev–Trinajstić information content (AvgIpc) is 3.23. The van der Waals surface area contributed by atoms with Crippen LogP contribution in [0.4, 0.5) is 24.5 Å². The number of nitrogens with zero attached hydrogens (tertiary/aromatic N) is 5. The summed E-state index contributed by atoms with van der Waals surface area (Å²) in [6.07, 6.45) is -6.33. The maximum absolute atomic E-state index is 12.6. The first kappa shape index (κ1) is 20.7. The SMILES string of the molecule is OC(c1cn(-c2ccc(N3CCN(c4ccc(Br)cc4)CC3)cc2)nn1)C(F)(F)F. The molecule has 3 aromatic rings. The minimum atomic E-state index is -4.77. The van der Waals surface area contributed by atoms with E-state index >= 15 is 0 Å². The molecule has 1 fully saturated rings. The van der Waals surface area contributed by atoms with Crippen molar-refractivity contribution in [2.75, 3.05) is 36.0 Å². The van der Waals surface area contributed by atoms with Crippen LogP contribution >= 0.6 is 15.9 Å². The van der Waals surface area contributed by atoms with Gasteiger partial charge in [-0.3, -0.25) is 0 Å². The molecule has 0 amide bonds. The number of alkyl halides is 3. The molecule has 4 rings (SSSR count). The van der Waals surface area contributed by atoms with Crippen molar-refractivity contribution in [3.63, 3.8) is 0 Å². The molecule has 2 aromatic carbocycles. The summed E-state index contributed by atoms with van der Waals surface area (Å²) < 4.78 is 40.1. The number of rotatable bonds is 4. The highest BCUT2D eigenvalue weighted by Gasteiger charge is 2.41. The average molecular weight is 482 g/mol. The van der Waals surface area contributed by atoms with Gasteiger partial charge in [0.25, 0.3) is 0 Å². The van der Waals surface area contributed by atoms with Crippen LogP contribution in [-0.2, 0) is 0 Å². The first-order chi connectivity index (χ1) is 14.3. The minimum Gasteiger partial charge on any atom is -0.378 e. The molecule has 1 aromatic heterocycles. The molecule has 0 radical (unpaired) electrons. The standard InChI is InChI=1S/C20H19BrF3N5O/c21-14-1-3-15(4-2-14)27-9-11-28(12-10-27)16-5-7-17(8-6-16)29-13-18(25-26-29)19(30)20(22,23)24/h1-8,13,19,30H,9-12H2. The van der Waals surface area contributed by atoms with Gasteiger partial charge in [-0.15, -0.1) is 5.10 Å². The molecule has 6 nitrogen and oxygen atoms in total. The molecular formula is C20H19BrF3N5O. The highest BCUT2D eigenvalue weighted by Crippen LogP contribution is 2.31. The lowest BCUT2D eigenvalue weighted by atomic mass is 10.2. The fourth-order valence-corrected chi connectivity index (χ4v) is 3.65. The Balaban J connectivity index is 1.40. The lowest BCUT2D eigenvalue weighted by Crippen LogP contribution is -2.46. The third-order valence-electron chi connectivity index (χ3n) is 5.05. The molecule has 0 aliphatic carbocycles. The predicted octanol–water partition coefficient (Wildman–Crippen LogP) is 3.95. The van der Waals surface area contributed by atoms with Crippen LogP contribution in [-0.4, -0.2) is 52.5 Å². The zero-order valence-corrected chi connectivity index (χ0v) is 17.4. The maximum atomic E-state index is 12.6. The van der Waals surface area contributed by atoms with Crippen molar-refractivity contribution in [2.45, 2.75) is 12.3 Å². The van der Waals surface area contributed by atoms with Crippen molar-refractivity contribution in [3.05, 3.63) is 64.9 Å². The summed E-state index contributed by atoms with van der Waals surface area (Å²) in [5.74, 6) is 0. The smallest absolute Gasteiger partial charge is 0.378 e. The van der Waals surface area contributed by atoms with Crippen LogP contribution < -0.4 is 9.80 Å². The quantitative estimate of drug-likeness (QED) is 0.611. The number of anilines is 2. The Kier molecular flexibility index (Phi) is 5.70. The summed E-state index contributed by atoms with van der Waals surface area (Å²) in [4.78, 5) is 4.60. The monoisotopic (exact) mass is 481 g/mol. The van der Waals surface area contributed by atoms with E-state index in [9.17, 15) is 18.3 Å². The van der Waals surface area contributed by atoms with Crippen molar-refractivity contribution in [3.8, 4) is 5.69 Å². The molecular weight excluding hydrogens is 463 g/mol. The molecule has 1 aliphatic heterocycles. The first-order valence-electron chi connectivity index (χ1n) is 9.34. The van der Waals surface area contributed by atoms with Gasteiger partial charge in [0.1, 0.15) is 5.69 Å². The topological polar surface area (TPSA) is 57.4 Å². The van der Waals surface area contributed by atoms with Crippen LogP contribution in [0.2, 0.25) is 0 Å². The second kappa shape index (κ2) is 8.27. The van der Waals surface area contributed by atoms with Gasteiger partial charge in [0.05, 0.1) is 11.9 Å². The van der Waals surface area contributed by atoms with Gasteiger partial charge in [-0.1, -0.05) is 21.1 Å². The van der Waals surface area contributed by atoms with Crippen LogP contribution in [0.3, 0.4) is 0 Å². The van der Waals surface area contributed by atoms with E-state index in [0.717, 1.165) is 42.5 Å². The van der Waals surface area contributed by atoms with Gasteiger partial charge in [0.2, 0.25) is 0 Å². The summed E-state index contributed by atoms with van der Waals surface area (Å²) in [6, 6.07) is 15.6. The Morgan fingerprint density at radius 3 is 1.80 bits per heavy atom. The number of aliphatic hydroxyl groups excluding tert-OH is 1. The number of halogens is 4. The van der Waals surface area contributed by atoms with Crippen LogP contribution in [0, 0.1) is 0 Å². The molecule has 0 bridgehead atoms. The summed E-state index contributed by atoms with van der Waals surface area (Å²) in [5, 5.41) is 16.4. The van der Waals surface area contributed by atoms with Crippen molar-refractivity contribution >= 4 is 27.3 Å². The van der Waals surface area contributed by atoms with E-state index in [1.54, 1.807) is 12.1 Å². The normalized spacial score (nSPS) is 16.0. The van der Waals surface area contributed by atoms with Crippen molar-refractivity contribution in [1.29, 1.82) is 0 Å². The number of aromatic nitrogens is 3. The third-order valence-corrected chi connectivity index (χ3v) is 5.58. The van der Waals surface area contributed by atoms with Gasteiger partial charge < -0.3 is 14.9 Å². The molecule has 1 N–H and O–H groups in total. The highest BCUT2D eigenvalue weighted by molar-refractivity contribution is 9.10. The Hall–Kier alpha value is -2.59. The third kappa shape index (κ3) is 4.44. The fraction of sp³-hybridized carbons (Fsp3) is 0.300. The zero-order valence-electron chi connectivity index (χ0n) is 15.8. The van der Waals surface area contributed by atoms with Crippen molar-refractivity contribution in [1.82, 2.24) is 15.0 Å². The van der Waals surface area contributed by atoms with Gasteiger partial charge in [-0.2, -0.15) is 13.2 Å². The highest BCUT2D eigenvalue weighted by atomic mass is 79.9. The zero-order chi connectivity index (χ0) is 21.3. The molecule has 158 valence electrons. The Morgan fingerprint density at radius 1 is 0.833 bits per heavy atom. The number of hydrogen-bond acceptors (Lipinski definition) is 5. The number of hydrogen-bond donors (Lipinski definition) is 1. The summed E-state index contributed by atoms with van der Waals surface area (Å²) in [6.45, 7) is 3.51. The minimum absolute atomic E-state index is 0.532. The molecule has 0 saturated carbocycles. The lowest BCUT2D eigenvalue weighted by Gasteiger charge is -2.37. The summed E-state index contributed by atoms with van der Waals surface area (Å²) >= 11 is 3.45. The molecule has 10 heteroatoms. The predicted molar refractivity (Wildman–Crippen MR) is 111 cm³/mol. The maximum Gasteiger partial charge on any atom is 0.420 e. The molecule has 1 unspecified atom stereocenters. The number of piperazine rings is 1. The second-order valence-corrected chi connectivity index (χ2v) is 7.91. The largest absolute Gasteiger partial charge is 0.420 e. The van der Waals surface area contributed by atoms with Gasteiger partial charge >= 0.3 is 6.18 Å². The fourth-order valence-electron chi connectivity index (χ4n) is 3.39. The Labute approximate surface area is 179 Å². The number of benzene rings is 2. The van der Waals surface area contributed by atoms with E-state index < -0.39 is 18.0 Å². The van der Waals surface area contributed by atoms with Crippen LogP contribution in [0.25, 0.3) is 5.69 Å². The van der Waals surface area contributed by atoms with E-state index in [2.05, 4.69) is 48.2 Å². The van der Waals surface area contributed by atoms with Gasteiger partial charge in [0, 0.05) is 42.0 Å². The van der Waals surface area contributed by atoms with E-state index in [1.807, 2.05) is 24.3 Å². The van der Waals surface area contributed by atoms with E-state index in [0.29, 0.717) is 5.69 Å². The molecule has 0 spiro atoms. The van der Waals surface area contributed by atoms with Gasteiger partial charge in [-0.05, 0) is 48.5 Å². The van der Waals surface area contributed by atoms with Crippen LogP contribution in [0.1, 0.15) is 11.8 Å². The van der Waals surface area contributed by atoms with E-state index in [4.69, 9.17) is 0 Å². The molecule has 1 atom stereocenters. The first-order valence-corrected chi connectivity index (χ1v) is 10.1.